The minimum atomic E-state index is -0.988. The maximum atomic E-state index is 13.4. The van der Waals surface area contributed by atoms with Gasteiger partial charge in [0.1, 0.15) is 6.54 Å². The zero-order valence-corrected chi connectivity index (χ0v) is 15.3. The van der Waals surface area contributed by atoms with Crippen LogP contribution < -0.4 is 5.32 Å². The van der Waals surface area contributed by atoms with E-state index in [1.165, 1.54) is 6.07 Å². The second kappa shape index (κ2) is 7.23. The summed E-state index contributed by atoms with van der Waals surface area (Å²) in [6.45, 7) is -0.370. The van der Waals surface area contributed by atoms with E-state index < -0.39 is 17.5 Å². The summed E-state index contributed by atoms with van der Waals surface area (Å²) in [7, 11) is 0. The third-order valence-electron chi connectivity index (χ3n) is 4.87. The van der Waals surface area contributed by atoms with E-state index in [9.17, 15) is 23.2 Å². The molecule has 4 rings (SSSR count). The number of carbonyl (C=O) groups excluding carboxylic acids is 3. The van der Waals surface area contributed by atoms with Gasteiger partial charge in [-0.3, -0.25) is 19.3 Å². The van der Waals surface area contributed by atoms with Gasteiger partial charge in [-0.2, -0.15) is 0 Å². The molecule has 6 nitrogen and oxygen atoms in total. The van der Waals surface area contributed by atoms with E-state index in [0.717, 1.165) is 28.4 Å². The summed E-state index contributed by atoms with van der Waals surface area (Å²) in [5.74, 6) is -3.90. The average Bonchev–Trinajstić information content (AvgIpc) is 3.23. The van der Waals surface area contributed by atoms with Crippen LogP contribution in [0.25, 0.3) is 11.3 Å². The number of imide groups is 1. The standard InChI is InChI=1S/C19H15F2N3O3S/c20-13-6-5-10(7-14(13)21)15-9-28-19(22-15)23-16(25)8-24-17(26)11-3-1-2-4-12(11)18(24)27/h1-2,5-7,9,11-12H,3-4,8H2,(H,22,23,25)/t11-,12-/m1/s1. The van der Waals surface area contributed by atoms with Crippen LogP contribution in [0.15, 0.2) is 35.7 Å². The van der Waals surface area contributed by atoms with Crippen molar-refractivity contribution in [3.05, 3.63) is 47.4 Å². The molecule has 3 amide bonds. The molecular weight excluding hydrogens is 388 g/mol. The molecule has 1 N–H and O–H groups in total. The zero-order chi connectivity index (χ0) is 19.8. The van der Waals surface area contributed by atoms with Gasteiger partial charge in [0.25, 0.3) is 0 Å². The number of benzene rings is 1. The number of amides is 3. The Morgan fingerprint density at radius 2 is 1.82 bits per heavy atom. The highest BCUT2D eigenvalue weighted by atomic mass is 32.1. The number of rotatable bonds is 4. The monoisotopic (exact) mass is 403 g/mol. The van der Waals surface area contributed by atoms with Crippen LogP contribution in [-0.4, -0.2) is 34.2 Å². The van der Waals surface area contributed by atoms with Crippen molar-refractivity contribution in [1.82, 2.24) is 9.88 Å². The van der Waals surface area contributed by atoms with Crippen molar-refractivity contribution < 1.29 is 23.2 Å². The van der Waals surface area contributed by atoms with Gasteiger partial charge in [0.05, 0.1) is 17.5 Å². The number of hydrogen-bond donors (Lipinski definition) is 1. The number of anilines is 1. The van der Waals surface area contributed by atoms with Crippen molar-refractivity contribution >= 4 is 34.2 Å². The fourth-order valence-corrected chi connectivity index (χ4v) is 4.18. The Kier molecular flexibility index (Phi) is 4.76. The lowest BCUT2D eigenvalue weighted by Crippen LogP contribution is -2.38. The number of likely N-dealkylation sites (tertiary alicyclic amines) is 1. The number of hydrogen-bond acceptors (Lipinski definition) is 5. The smallest absolute Gasteiger partial charge is 0.246 e. The molecule has 9 heteroatoms. The Bertz CT molecular complexity index is 978. The highest BCUT2D eigenvalue weighted by molar-refractivity contribution is 7.14. The third-order valence-corrected chi connectivity index (χ3v) is 5.62. The normalized spacial score (nSPS) is 21.1. The lowest BCUT2D eigenvalue weighted by Gasteiger charge is -2.14. The minimum absolute atomic E-state index is 0.239. The molecule has 2 aromatic rings. The number of halogens is 2. The number of carbonyl (C=O) groups is 3. The van der Waals surface area contributed by atoms with E-state index in [0.29, 0.717) is 24.1 Å². The van der Waals surface area contributed by atoms with Crippen molar-refractivity contribution in [3.63, 3.8) is 0 Å². The Hall–Kier alpha value is -2.94. The predicted molar refractivity (Wildman–Crippen MR) is 98.2 cm³/mol. The summed E-state index contributed by atoms with van der Waals surface area (Å²) >= 11 is 1.10. The first kappa shape index (κ1) is 18.4. The molecule has 2 heterocycles. The molecule has 0 radical (unpaired) electrons. The third kappa shape index (κ3) is 3.33. The highest BCUT2D eigenvalue weighted by Gasteiger charge is 2.47. The first-order valence-electron chi connectivity index (χ1n) is 8.65. The van der Waals surface area contributed by atoms with Crippen LogP contribution in [0.4, 0.5) is 13.9 Å². The second-order valence-electron chi connectivity index (χ2n) is 6.63. The van der Waals surface area contributed by atoms with Crippen molar-refractivity contribution in [2.45, 2.75) is 12.8 Å². The Balaban J connectivity index is 1.42. The quantitative estimate of drug-likeness (QED) is 0.629. The van der Waals surface area contributed by atoms with E-state index in [2.05, 4.69) is 10.3 Å². The Morgan fingerprint density at radius 1 is 1.14 bits per heavy atom. The number of allylic oxidation sites excluding steroid dienone is 2. The summed E-state index contributed by atoms with van der Waals surface area (Å²) < 4.78 is 26.4. The van der Waals surface area contributed by atoms with E-state index >= 15 is 0 Å². The number of nitrogens with one attached hydrogen (secondary N) is 1. The van der Waals surface area contributed by atoms with Crippen LogP contribution in [0.3, 0.4) is 0 Å². The lowest BCUT2D eigenvalue weighted by atomic mass is 9.85. The average molecular weight is 403 g/mol. The van der Waals surface area contributed by atoms with Gasteiger partial charge in [0, 0.05) is 10.9 Å². The molecule has 0 spiro atoms. The number of fused-ring (bicyclic) bond motifs is 1. The van der Waals surface area contributed by atoms with Gasteiger partial charge in [-0.05, 0) is 31.0 Å². The maximum Gasteiger partial charge on any atom is 0.246 e. The molecule has 1 aliphatic carbocycles. The highest BCUT2D eigenvalue weighted by Crippen LogP contribution is 2.35. The summed E-state index contributed by atoms with van der Waals surface area (Å²) in [5, 5.41) is 4.38. The van der Waals surface area contributed by atoms with Crippen LogP contribution in [0.2, 0.25) is 0 Å². The first-order chi connectivity index (χ1) is 13.4. The van der Waals surface area contributed by atoms with Crippen molar-refractivity contribution in [2.24, 2.45) is 11.8 Å². The summed E-state index contributed by atoms with van der Waals surface area (Å²) in [6.07, 6.45) is 4.78. The molecule has 2 aliphatic rings. The number of aromatic nitrogens is 1. The largest absolute Gasteiger partial charge is 0.300 e. The first-order valence-corrected chi connectivity index (χ1v) is 9.53. The molecule has 0 saturated carbocycles. The molecule has 1 aromatic heterocycles. The van der Waals surface area contributed by atoms with Gasteiger partial charge in [0.2, 0.25) is 17.7 Å². The molecule has 1 saturated heterocycles. The van der Waals surface area contributed by atoms with E-state index in [1.807, 2.05) is 12.2 Å². The van der Waals surface area contributed by atoms with Crippen LogP contribution in [-0.2, 0) is 14.4 Å². The zero-order valence-electron chi connectivity index (χ0n) is 14.5. The van der Waals surface area contributed by atoms with Gasteiger partial charge < -0.3 is 5.32 Å². The number of thiazole rings is 1. The molecule has 1 fully saturated rings. The SMILES string of the molecule is O=C(CN1C(=O)[C@@H]2CC=CC[C@H]2C1=O)Nc1nc(-c2ccc(F)c(F)c2)cs1. The second-order valence-corrected chi connectivity index (χ2v) is 7.49. The molecule has 144 valence electrons. The van der Waals surface area contributed by atoms with Crippen LogP contribution in [0.1, 0.15) is 12.8 Å². The topological polar surface area (TPSA) is 79.4 Å². The molecule has 1 aromatic carbocycles. The van der Waals surface area contributed by atoms with Gasteiger partial charge in [-0.15, -0.1) is 11.3 Å². The molecular formula is C19H15F2N3O3S. The summed E-state index contributed by atoms with van der Waals surface area (Å²) in [4.78, 5) is 42.3. The van der Waals surface area contributed by atoms with Gasteiger partial charge in [0.15, 0.2) is 16.8 Å². The van der Waals surface area contributed by atoms with Crippen molar-refractivity contribution in [1.29, 1.82) is 0 Å². The Morgan fingerprint density at radius 3 is 2.46 bits per heavy atom. The van der Waals surface area contributed by atoms with Crippen LogP contribution in [0, 0.1) is 23.5 Å². The molecule has 28 heavy (non-hydrogen) atoms. The van der Waals surface area contributed by atoms with Crippen LogP contribution >= 0.6 is 11.3 Å². The van der Waals surface area contributed by atoms with Crippen LogP contribution in [0.5, 0.6) is 0 Å². The van der Waals surface area contributed by atoms with Crippen molar-refractivity contribution in [2.75, 3.05) is 11.9 Å². The molecule has 0 unspecified atom stereocenters. The summed E-state index contributed by atoms with van der Waals surface area (Å²) in [5.41, 5.74) is 0.752. The predicted octanol–water partition coefficient (Wildman–Crippen LogP) is 2.98. The van der Waals surface area contributed by atoms with Gasteiger partial charge in [-0.1, -0.05) is 12.2 Å². The van der Waals surface area contributed by atoms with Crippen molar-refractivity contribution in [3.8, 4) is 11.3 Å². The molecule has 0 bridgehead atoms. The minimum Gasteiger partial charge on any atom is -0.300 e. The van der Waals surface area contributed by atoms with E-state index in [1.54, 1.807) is 5.38 Å². The van der Waals surface area contributed by atoms with E-state index in [-0.39, 0.29) is 35.3 Å². The fraction of sp³-hybridized carbons (Fsp3) is 0.263. The Labute approximate surface area is 162 Å². The fourth-order valence-electron chi connectivity index (χ4n) is 3.45. The summed E-state index contributed by atoms with van der Waals surface area (Å²) in [6, 6.07) is 3.41. The van der Waals surface area contributed by atoms with Gasteiger partial charge >= 0.3 is 0 Å². The number of nitrogens with zero attached hydrogens (tertiary/aromatic N) is 2. The van der Waals surface area contributed by atoms with E-state index in [4.69, 9.17) is 0 Å². The van der Waals surface area contributed by atoms with Gasteiger partial charge in [-0.25, -0.2) is 13.8 Å². The molecule has 1 aliphatic heterocycles. The molecule has 2 atom stereocenters. The maximum absolute atomic E-state index is 13.4. The lowest BCUT2D eigenvalue weighted by molar-refractivity contribution is -0.142.